The quantitative estimate of drug-likeness (QED) is 0.579. The van der Waals surface area contributed by atoms with Crippen molar-refractivity contribution in [3.63, 3.8) is 0 Å². The van der Waals surface area contributed by atoms with Crippen LogP contribution in [-0.2, 0) is 6.42 Å². The molecule has 1 atom stereocenters. The highest BCUT2D eigenvalue weighted by molar-refractivity contribution is 7.16. The number of thiazole rings is 1. The van der Waals surface area contributed by atoms with E-state index in [1.54, 1.807) is 25.5 Å². The van der Waals surface area contributed by atoms with Crippen LogP contribution in [0.5, 0.6) is 0 Å². The van der Waals surface area contributed by atoms with Gasteiger partial charge in [0, 0.05) is 25.8 Å². The molecule has 0 aliphatic rings. The van der Waals surface area contributed by atoms with E-state index >= 15 is 0 Å². The molecule has 0 saturated heterocycles. The van der Waals surface area contributed by atoms with Gasteiger partial charge >= 0.3 is 0 Å². The number of rotatable bonds is 7. The van der Waals surface area contributed by atoms with Gasteiger partial charge in [0.15, 0.2) is 0 Å². The van der Waals surface area contributed by atoms with Crippen LogP contribution in [0.2, 0.25) is 0 Å². The van der Waals surface area contributed by atoms with E-state index in [1.165, 1.54) is 16.9 Å². The first-order valence-corrected chi connectivity index (χ1v) is 9.44. The van der Waals surface area contributed by atoms with Gasteiger partial charge in [-0.1, -0.05) is 29.8 Å². The number of carbonyl (C=O) groups is 1. The molecular weight excluding hydrogens is 360 g/mol. The third kappa shape index (κ3) is 4.87. The SMILES string of the molecule is CNc1nccc(-c2ncc(C(=O)NC(CN)Cc3ccc(C)cc3)s2)n1. The molecule has 27 heavy (non-hydrogen) atoms. The molecule has 7 nitrogen and oxygen atoms in total. The highest BCUT2D eigenvalue weighted by Crippen LogP contribution is 2.24. The van der Waals surface area contributed by atoms with Gasteiger partial charge < -0.3 is 16.4 Å². The molecule has 0 aliphatic carbocycles. The molecule has 0 saturated carbocycles. The smallest absolute Gasteiger partial charge is 0.263 e. The maximum Gasteiger partial charge on any atom is 0.263 e. The molecule has 1 amide bonds. The maximum absolute atomic E-state index is 12.6. The van der Waals surface area contributed by atoms with Crippen LogP contribution >= 0.6 is 11.3 Å². The average molecular weight is 382 g/mol. The van der Waals surface area contributed by atoms with E-state index in [0.29, 0.717) is 34.5 Å². The zero-order valence-corrected chi connectivity index (χ0v) is 16.1. The number of hydrogen-bond acceptors (Lipinski definition) is 7. The van der Waals surface area contributed by atoms with Crippen LogP contribution in [0.1, 0.15) is 20.8 Å². The second-order valence-electron chi connectivity index (χ2n) is 6.14. The fourth-order valence-electron chi connectivity index (χ4n) is 2.55. The van der Waals surface area contributed by atoms with Gasteiger partial charge in [-0.15, -0.1) is 11.3 Å². The van der Waals surface area contributed by atoms with Crippen molar-refractivity contribution in [2.45, 2.75) is 19.4 Å². The van der Waals surface area contributed by atoms with Crippen molar-refractivity contribution in [1.29, 1.82) is 0 Å². The summed E-state index contributed by atoms with van der Waals surface area (Å²) < 4.78 is 0. The first-order chi connectivity index (χ1) is 13.1. The van der Waals surface area contributed by atoms with Crippen LogP contribution < -0.4 is 16.4 Å². The molecule has 0 fully saturated rings. The standard InChI is InChI=1S/C19H22N6OS/c1-12-3-5-13(6-4-12)9-14(10-20)24-17(26)16-11-23-18(27-16)15-7-8-22-19(21-2)25-15/h3-8,11,14H,9-10,20H2,1-2H3,(H,24,26)(H,21,22,25). The number of anilines is 1. The molecular formula is C19H22N6OS. The Morgan fingerprint density at radius 3 is 2.70 bits per heavy atom. The van der Waals surface area contributed by atoms with Gasteiger partial charge in [-0.2, -0.15) is 0 Å². The van der Waals surface area contributed by atoms with Crippen molar-refractivity contribution in [3.05, 3.63) is 58.7 Å². The van der Waals surface area contributed by atoms with E-state index in [9.17, 15) is 4.79 Å². The lowest BCUT2D eigenvalue weighted by Gasteiger charge is -2.16. The number of aryl methyl sites for hydroxylation is 1. The third-order valence-electron chi connectivity index (χ3n) is 4.05. The first-order valence-electron chi connectivity index (χ1n) is 8.62. The summed E-state index contributed by atoms with van der Waals surface area (Å²) in [4.78, 5) is 25.9. The maximum atomic E-state index is 12.6. The lowest BCUT2D eigenvalue weighted by atomic mass is 10.0. The van der Waals surface area contributed by atoms with Crippen LogP contribution in [0.3, 0.4) is 0 Å². The number of nitrogens with two attached hydrogens (primary N) is 1. The van der Waals surface area contributed by atoms with E-state index in [1.807, 2.05) is 6.92 Å². The topological polar surface area (TPSA) is 106 Å². The van der Waals surface area contributed by atoms with E-state index in [2.05, 4.69) is 49.9 Å². The predicted molar refractivity (Wildman–Crippen MR) is 108 cm³/mol. The number of nitrogens with zero attached hydrogens (tertiary/aromatic N) is 3. The third-order valence-corrected chi connectivity index (χ3v) is 5.07. The van der Waals surface area contributed by atoms with Crippen LogP contribution in [0, 0.1) is 6.92 Å². The molecule has 1 aromatic carbocycles. The summed E-state index contributed by atoms with van der Waals surface area (Å²) in [6.45, 7) is 2.41. The number of carbonyl (C=O) groups excluding carboxylic acids is 1. The van der Waals surface area contributed by atoms with Crippen LogP contribution in [0.25, 0.3) is 10.7 Å². The zero-order valence-electron chi connectivity index (χ0n) is 15.3. The summed E-state index contributed by atoms with van der Waals surface area (Å²) >= 11 is 1.29. The van der Waals surface area contributed by atoms with Gasteiger partial charge in [0.2, 0.25) is 5.95 Å². The Kier molecular flexibility index (Phi) is 6.10. The minimum Gasteiger partial charge on any atom is -0.357 e. The molecule has 0 spiro atoms. The molecule has 1 unspecified atom stereocenters. The van der Waals surface area contributed by atoms with Crippen LogP contribution in [0.15, 0.2) is 42.7 Å². The summed E-state index contributed by atoms with van der Waals surface area (Å²) in [6.07, 6.45) is 3.91. The Hall–Kier alpha value is -2.84. The fraction of sp³-hybridized carbons (Fsp3) is 0.263. The number of nitrogens with one attached hydrogen (secondary N) is 2. The Balaban J connectivity index is 1.68. The van der Waals surface area contributed by atoms with Gasteiger partial charge in [-0.05, 0) is 25.0 Å². The van der Waals surface area contributed by atoms with Gasteiger partial charge in [0.1, 0.15) is 15.6 Å². The van der Waals surface area contributed by atoms with Crippen molar-refractivity contribution < 1.29 is 4.79 Å². The molecule has 0 aliphatic heterocycles. The molecule has 3 aromatic rings. The van der Waals surface area contributed by atoms with Crippen molar-refractivity contribution >= 4 is 23.2 Å². The number of hydrogen-bond donors (Lipinski definition) is 3. The summed E-state index contributed by atoms with van der Waals surface area (Å²) in [6, 6.07) is 9.86. The van der Waals surface area contributed by atoms with E-state index in [-0.39, 0.29) is 11.9 Å². The van der Waals surface area contributed by atoms with E-state index < -0.39 is 0 Å². The largest absolute Gasteiger partial charge is 0.357 e. The number of benzene rings is 1. The average Bonchev–Trinajstić information content (AvgIpc) is 3.19. The fourth-order valence-corrected chi connectivity index (χ4v) is 3.34. The molecule has 8 heteroatoms. The normalized spacial score (nSPS) is 11.8. The van der Waals surface area contributed by atoms with Gasteiger partial charge in [-0.25, -0.2) is 15.0 Å². The molecule has 2 aromatic heterocycles. The Morgan fingerprint density at radius 2 is 2.00 bits per heavy atom. The second-order valence-corrected chi connectivity index (χ2v) is 7.17. The van der Waals surface area contributed by atoms with Gasteiger partial charge in [0.05, 0.1) is 6.20 Å². The summed E-state index contributed by atoms with van der Waals surface area (Å²) in [5, 5.41) is 6.55. The molecule has 0 radical (unpaired) electrons. The van der Waals surface area contributed by atoms with Crippen LogP contribution in [-0.4, -0.2) is 40.5 Å². The molecule has 0 bridgehead atoms. The minimum atomic E-state index is -0.177. The number of aromatic nitrogens is 3. The number of amides is 1. The predicted octanol–water partition coefficient (Wildman–Crippen LogP) is 2.25. The Bertz CT molecular complexity index is 909. The Morgan fingerprint density at radius 1 is 1.22 bits per heavy atom. The minimum absolute atomic E-state index is 0.138. The zero-order chi connectivity index (χ0) is 19.2. The molecule has 140 valence electrons. The van der Waals surface area contributed by atoms with Gasteiger partial charge in [0.25, 0.3) is 5.91 Å². The lowest BCUT2D eigenvalue weighted by Crippen LogP contribution is -2.41. The highest BCUT2D eigenvalue weighted by Gasteiger charge is 2.17. The lowest BCUT2D eigenvalue weighted by molar-refractivity contribution is 0.0942. The van der Waals surface area contributed by atoms with Crippen molar-refractivity contribution in [1.82, 2.24) is 20.3 Å². The van der Waals surface area contributed by atoms with Crippen LogP contribution in [0.4, 0.5) is 5.95 Å². The van der Waals surface area contributed by atoms with Crippen molar-refractivity contribution in [3.8, 4) is 10.7 Å². The second kappa shape index (κ2) is 8.70. The van der Waals surface area contributed by atoms with Crippen molar-refractivity contribution in [2.75, 3.05) is 18.9 Å². The highest BCUT2D eigenvalue weighted by atomic mass is 32.1. The Labute approximate surface area is 162 Å². The van der Waals surface area contributed by atoms with Crippen molar-refractivity contribution in [2.24, 2.45) is 5.73 Å². The molecule has 2 heterocycles. The molecule has 3 rings (SSSR count). The van der Waals surface area contributed by atoms with E-state index in [4.69, 9.17) is 5.73 Å². The summed E-state index contributed by atoms with van der Waals surface area (Å²) in [7, 11) is 1.75. The molecule has 4 N–H and O–H groups in total. The monoisotopic (exact) mass is 382 g/mol. The summed E-state index contributed by atoms with van der Waals surface area (Å²) in [5.74, 6) is 0.333. The first kappa shape index (κ1) is 18.9. The van der Waals surface area contributed by atoms with E-state index in [0.717, 1.165) is 5.56 Å². The van der Waals surface area contributed by atoms with Gasteiger partial charge in [-0.3, -0.25) is 4.79 Å². The summed E-state index contributed by atoms with van der Waals surface area (Å²) in [5.41, 5.74) is 8.87.